The van der Waals surface area contributed by atoms with Crippen LogP contribution in [0.15, 0.2) is 63.5 Å². The third kappa shape index (κ3) is 3.88. The Balaban J connectivity index is 1.35. The molecule has 0 radical (unpaired) electrons. The van der Waals surface area contributed by atoms with Crippen LogP contribution in [0.25, 0.3) is 22.6 Å². The summed E-state index contributed by atoms with van der Waals surface area (Å²) in [4.78, 5) is 17.2. The molecule has 4 aromatic rings. The van der Waals surface area contributed by atoms with Crippen LogP contribution in [0.1, 0.15) is 22.8 Å². The summed E-state index contributed by atoms with van der Waals surface area (Å²) in [6.45, 7) is 3.10. The van der Waals surface area contributed by atoms with E-state index in [0.717, 1.165) is 27.6 Å². The highest BCUT2D eigenvalue weighted by atomic mass is 79.9. The number of ether oxygens (including phenoxy) is 2. The maximum Gasteiger partial charge on any atom is 0.255 e. The lowest BCUT2D eigenvalue weighted by Crippen LogP contribution is -2.17. The number of benzene rings is 3. The smallest absolute Gasteiger partial charge is 0.255 e. The number of carbonyl (C=O) groups is 1. The summed E-state index contributed by atoms with van der Waals surface area (Å²) in [7, 11) is 0. The van der Waals surface area contributed by atoms with Crippen molar-refractivity contribution in [1.29, 1.82) is 0 Å². The van der Waals surface area contributed by atoms with Crippen LogP contribution in [0.5, 0.6) is 11.5 Å². The van der Waals surface area contributed by atoms with E-state index < -0.39 is 0 Å². The van der Waals surface area contributed by atoms with Crippen molar-refractivity contribution in [2.24, 2.45) is 0 Å². The third-order valence-electron chi connectivity index (χ3n) is 5.11. The summed E-state index contributed by atoms with van der Waals surface area (Å²) >= 11 is 3.56. The number of halogens is 1. The molecular formula is C24H19BrN2O4. The average Bonchev–Trinajstić information content (AvgIpc) is 3.24. The Morgan fingerprint density at radius 3 is 2.58 bits per heavy atom. The fourth-order valence-electron chi connectivity index (χ4n) is 3.46. The molecule has 0 aliphatic carbocycles. The Morgan fingerprint density at radius 1 is 1.03 bits per heavy atom. The molecule has 156 valence electrons. The zero-order valence-corrected chi connectivity index (χ0v) is 18.4. The molecule has 1 aliphatic rings. The van der Waals surface area contributed by atoms with Crippen molar-refractivity contribution in [3.8, 4) is 23.0 Å². The number of nitrogens with one attached hydrogen (secondary N) is 1. The molecule has 0 spiro atoms. The largest absolute Gasteiger partial charge is 0.486 e. The second kappa shape index (κ2) is 8.07. The van der Waals surface area contributed by atoms with Crippen molar-refractivity contribution >= 4 is 38.6 Å². The number of anilines is 1. The van der Waals surface area contributed by atoms with Gasteiger partial charge in [-0.3, -0.25) is 4.79 Å². The zero-order chi connectivity index (χ0) is 21.4. The number of fused-ring (bicyclic) bond motifs is 2. The Morgan fingerprint density at radius 2 is 1.81 bits per heavy atom. The Hall–Kier alpha value is -3.32. The highest BCUT2D eigenvalue weighted by Crippen LogP contribution is 2.32. The number of hydrogen-bond donors (Lipinski definition) is 1. The number of oxazole rings is 1. The number of nitrogens with zero attached hydrogens (tertiary/aromatic N) is 1. The number of hydrogen-bond acceptors (Lipinski definition) is 5. The van der Waals surface area contributed by atoms with Gasteiger partial charge in [-0.05, 0) is 82.5 Å². The first-order valence-corrected chi connectivity index (χ1v) is 10.8. The van der Waals surface area contributed by atoms with Crippen LogP contribution in [0.2, 0.25) is 0 Å². The minimum Gasteiger partial charge on any atom is -0.486 e. The highest BCUT2D eigenvalue weighted by Gasteiger charge is 2.16. The van der Waals surface area contributed by atoms with Crippen LogP contribution in [0.4, 0.5) is 5.69 Å². The molecule has 0 atom stereocenters. The lowest BCUT2D eigenvalue weighted by Gasteiger charge is -2.18. The number of carbonyl (C=O) groups excluding carboxylic acids is 1. The van der Waals surface area contributed by atoms with Gasteiger partial charge in [-0.15, -0.1) is 0 Å². The van der Waals surface area contributed by atoms with Crippen LogP contribution in [-0.4, -0.2) is 24.1 Å². The minimum atomic E-state index is -0.220. The van der Waals surface area contributed by atoms with Crippen molar-refractivity contribution in [2.45, 2.75) is 13.3 Å². The van der Waals surface area contributed by atoms with Crippen molar-refractivity contribution in [2.75, 3.05) is 18.5 Å². The summed E-state index contributed by atoms with van der Waals surface area (Å²) < 4.78 is 17.9. The molecule has 1 amide bonds. The molecule has 5 rings (SSSR count). The molecule has 1 N–H and O–H groups in total. The first-order chi connectivity index (χ1) is 15.1. The SMILES string of the molecule is CCc1cc(Br)c2oc(-c3ccc(NC(=O)c4ccc5c(c4)OCCO5)cc3)nc2c1. The van der Waals surface area contributed by atoms with E-state index >= 15 is 0 Å². The van der Waals surface area contributed by atoms with E-state index in [1.54, 1.807) is 18.2 Å². The van der Waals surface area contributed by atoms with Gasteiger partial charge in [0, 0.05) is 16.8 Å². The molecule has 7 heteroatoms. The monoisotopic (exact) mass is 478 g/mol. The second-order valence-electron chi connectivity index (χ2n) is 7.19. The van der Waals surface area contributed by atoms with E-state index in [-0.39, 0.29) is 5.91 Å². The standard InChI is InChI=1S/C24H19BrN2O4/c1-2-14-11-18(25)22-19(12-14)27-24(31-22)15-3-6-17(7-4-15)26-23(28)16-5-8-20-21(13-16)30-10-9-29-20/h3-8,11-13H,2,9-10H2,1H3,(H,26,28). The molecule has 0 bridgehead atoms. The number of amides is 1. The van der Waals surface area contributed by atoms with Gasteiger partial charge in [-0.2, -0.15) is 0 Å². The molecule has 31 heavy (non-hydrogen) atoms. The average molecular weight is 479 g/mol. The number of rotatable bonds is 4. The van der Waals surface area contributed by atoms with Gasteiger partial charge >= 0.3 is 0 Å². The van der Waals surface area contributed by atoms with Gasteiger partial charge in [-0.1, -0.05) is 6.92 Å². The first kappa shape index (κ1) is 19.6. The zero-order valence-electron chi connectivity index (χ0n) is 16.8. The number of aryl methyl sites for hydroxylation is 1. The molecule has 3 aromatic carbocycles. The van der Waals surface area contributed by atoms with Crippen molar-refractivity contribution < 1.29 is 18.7 Å². The molecule has 0 unspecified atom stereocenters. The van der Waals surface area contributed by atoms with E-state index in [4.69, 9.17) is 13.9 Å². The van der Waals surface area contributed by atoms with Crippen molar-refractivity contribution in [1.82, 2.24) is 4.98 Å². The molecule has 1 aromatic heterocycles. The Kier molecular flexibility index (Phi) is 5.11. The fraction of sp³-hybridized carbons (Fsp3) is 0.167. The summed E-state index contributed by atoms with van der Waals surface area (Å²) in [5, 5.41) is 2.90. The van der Waals surface area contributed by atoms with Crippen LogP contribution < -0.4 is 14.8 Å². The third-order valence-corrected chi connectivity index (χ3v) is 5.70. The van der Waals surface area contributed by atoms with Crippen molar-refractivity contribution in [3.63, 3.8) is 0 Å². The van der Waals surface area contributed by atoms with Gasteiger partial charge in [0.2, 0.25) is 5.89 Å². The van der Waals surface area contributed by atoms with Gasteiger partial charge in [0.25, 0.3) is 5.91 Å². The molecule has 6 nitrogen and oxygen atoms in total. The van der Waals surface area contributed by atoms with E-state index in [2.05, 4.69) is 33.2 Å². The topological polar surface area (TPSA) is 73.6 Å². The quantitative estimate of drug-likeness (QED) is 0.398. The molecule has 0 saturated carbocycles. The van der Waals surface area contributed by atoms with Gasteiger partial charge in [0.05, 0.1) is 4.47 Å². The summed E-state index contributed by atoms with van der Waals surface area (Å²) in [5.74, 6) is 1.56. The van der Waals surface area contributed by atoms with Gasteiger partial charge in [0.1, 0.15) is 18.7 Å². The fourth-order valence-corrected chi connectivity index (χ4v) is 4.04. The summed E-state index contributed by atoms with van der Waals surface area (Å²) in [5.41, 5.74) is 4.74. The maximum atomic E-state index is 12.6. The molecular weight excluding hydrogens is 460 g/mol. The van der Waals surface area contributed by atoms with E-state index in [1.165, 1.54) is 5.56 Å². The predicted octanol–water partition coefficient (Wildman–Crippen LogP) is 5.84. The maximum absolute atomic E-state index is 12.6. The first-order valence-electron chi connectivity index (χ1n) is 10.0. The predicted molar refractivity (Wildman–Crippen MR) is 122 cm³/mol. The van der Waals surface area contributed by atoms with Crippen molar-refractivity contribution in [3.05, 3.63) is 70.2 Å². The number of aromatic nitrogens is 1. The molecule has 1 aliphatic heterocycles. The van der Waals surface area contributed by atoms with Gasteiger partial charge < -0.3 is 19.2 Å². The summed E-state index contributed by atoms with van der Waals surface area (Å²) in [6, 6.07) is 16.7. The molecule has 2 heterocycles. The highest BCUT2D eigenvalue weighted by molar-refractivity contribution is 9.10. The van der Waals surface area contributed by atoms with Crippen LogP contribution in [-0.2, 0) is 6.42 Å². The van der Waals surface area contributed by atoms with E-state index in [0.29, 0.717) is 41.9 Å². The van der Waals surface area contributed by atoms with E-state index in [9.17, 15) is 4.79 Å². The normalized spacial score (nSPS) is 12.7. The Labute approximate surface area is 187 Å². The second-order valence-corrected chi connectivity index (χ2v) is 8.04. The lowest BCUT2D eigenvalue weighted by atomic mass is 10.1. The lowest BCUT2D eigenvalue weighted by molar-refractivity contribution is 0.102. The molecule has 0 saturated heterocycles. The Bertz CT molecular complexity index is 1280. The minimum absolute atomic E-state index is 0.220. The molecule has 0 fully saturated rings. The summed E-state index contributed by atoms with van der Waals surface area (Å²) in [6.07, 6.45) is 0.925. The van der Waals surface area contributed by atoms with Gasteiger partial charge in [0.15, 0.2) is 17.1 Å². The van der Waals surface area contributed by atoms with Gasteiger partial charge in [-0.25, -0.2) is 4.98 Å². The van der Waals surface area contributed by atoms with Crippen LogP contribution >= 0.6 is 15.9 Å². The van der Waals surface area contributed by atoms with E-state index in [1.807, 2.05) is 36.4 Å². The van der Waals surface area contributed by atoms with Crippen LogP contribution in [0.3, 0.4) is 0 Å². The van der Waals surface area contributed by atoms with Crippen LogP contribution in [0, 0.1) is 0 Å².